The lowest BCUT2D eigenvalue weighted by molar-refractivity contribution is -0.138. The largest absolute Gasteiger partial charge is 0.481 e. The third-order valence-corrected chi connectivity index (χ3v) is 8.73. The molecule has 0 amide bonds. The van der Waals surface area contributed by atoms with Gasteiger partial charge in [0.2, 0.25) is 0 Å². The average molecular weight is 643 g/mol. The van der Waals surface area contributed by atoms with Crippen LogP contribution in [0.4, 0.5) is 0 Å². The molecule has 4 heteroatoms. The third-order valence-electron chi connectivity index (χ3n) is 8.73. The molecule has 0 spiro atoms. The molecule has 0 aliphatic carbocycles. The van der Waals surface area contributed by atoms with Gasteiger partial charge in [-0.15, -0.1) is 0 Å². The maximum Gasteiger partial charge on any atom is 0.303 e. The molecule has 0 rings (SSSR count). The zero-order valence-electron chi connectivity index (χ0n) is 30.0. The van der Waals surface area contributed by atoms with E-state index in [0.717, 1.165) is 64.2 Å². The summed E-state index contributed by atoms with van der Waals surface area (Å²) in [5, 5.41) is 17.3. The molecule has 46 heavy (non-hydrogen) atoms. The van der Waals surface area contributed by atoms with Gasteiger partial charge in [-0.1, -0.05) is 164 Å². The Labute approximate surface area is 285 Å². The average Bonchev–Trinajstić information content (AvgIpc) is 3.03. The topological polar surface area (TPSA) is 74.6 Å². The predicted molar refractivity (Wildman–Crippen MR) is 200 cm³/mol. The van der Waals surface area contributed by atoms with E-state index in [1.54, 1.807) is 0 Å². The Morgan fingerprint density at radius 2 is 0.478 bits per heavy atom. The van der Waals surface area contributed by atoms with Crippen LogP contribution in [0.3, 0.4) is 0 Å². The molecular formula is C42H74O4. The highest BCUT2D eigenvalue weighted by atomic mass is 16.4. The second kappa shape index (κ2) is 39.1. The Hall–Kier alpha value is -2.10. The van der Waals surface area contributed by atoms with Crippen molar-refractivity contribution in [1.29, 1.82) is 0 Å². The Bertz CT molecular complexity index is 700. The first kappa shape index (κ1) is 43.9. The van der Waals surface area contributed by atoms with Gasteiger partial charge in [0.25, 0.3) is 0 Å². The molecule has 0 saturated heterocycles. The van der Waals surface area contributed by atoms with Gasteiger partial charge in [0.15, 0.2) is 0 Å². The summed E-state index contributed by atoms with van der Waals surface area (Å²) in [4.78, 5) is 20.9. The summed E-state index contributed by atoms with van der Waals surface area (Å²) < 4.78 is 0. The van der Waals surface area contributed by atoms with Crippen molar-refractivity contribution in [2.45, 2.75) is 205 Å². The first-order valence-corrected chi connectivity index (χ1v) is 19.7. The maximum absolute atomic E-state index is 10.5. The number of aliphatic carboxylic acids is 2. The zero-order chi connectivity index (χ0) is 33.4. The molecule has 0 aromatic rings. The predicted octanol–water partition coefficient (Wildman–Crippen LogP) is 13.9. The van der Waals surface area contributed by atoms with Crippen LogP contribution in [0.15, 0.2) is 48.6 Å². The van der Waals surface area contributed by atoms with Crippen molar-refractivity contribution >= 4 is 11.9 Å². The quantitative estimate of drug-likeness (QED) is 0.0522. The zero-order valence-corrected chi connectivity index (χ0v) is 30.0. The highest BCUT2D eigenvalue weighted by molar-refractivity contribution is 5.66. The highest BCUT2D eigenvalue weighted by Gasteiger charge is 1.97. The number of hydrogen-bond acceptors (Lipinski definition) is 2. The molecule has 0 saturated carbocycles. The Balaban J connectivity index is 3.21. The van der Waals surface area contributed by atoms with Crippen molar-refractivity contribution in [3.63, 3.8) is 0 Å². The Morgan fingerprint density at radius 3 is 0.696 bits per heavy atom. The van der Waals surface area contributed by atoms with Crippen molar-refractivity contribution in [3.8, 4) is 0 Å². The molecule has 2 N–H and O–H groups in total. The second-order valence-electron chi connectivity index (χ2n) is 13.3. The van der Waals surface area contributed by atoms with E-state index in [2.05, 4.69) is 48.6 Å². The van der Waals surface area contributed by atoms with E-state index < -0.39 is 11.9 Å². The lowest BCUT2D eigenvalue weighted by Gasteiger charge is -2.03. The number of unbranched alkanes of at least 4 members (excludes halogenated alkanes) is 25. The van der Waals surface area contributed by atoms with E-state index in [4.69, 9.17) is 10.2 Å². The number of carboxylic acids is 2. The summed E-state index contributed by atoms with van der Waals surface area (Å²) >= 11 is 0. The van der Waals surface area contributed by atoms with E-state index in [9.17, 15) is 9.59 Å². The normalized spacial score (nSPS) is 12.1. The van der Waals surface area contributed by atoms with E-state index in [0.29, 0.717) is 12.8 Å². The number of hydrogen-bond donors (Lipinski definition) is 2. The van der Waals surface area contributed by atoms with Gasteiger partial charge >= 0.3 is 11.9 Å². The molecule has 0 atom stereocenters. The Kier molecular flexibility index (Phi) is 37.3. The molecule has 0 heterocycles. The third kappa shape index (κ3) is 41.9. The molecule has 4 nitrogen and oxygen atoms in total. The minimum absolute atomic E-state index is 0.318. The van der Waals surface area contributed by atoms with Gasteiger partial charge in [0.05, 0.1) is 0 Å². The number of allylic oxidation sites excluding steroid dienone is 8. The molecular weight excluding hydrogens is 568 g/mol. The van der Waals surface area contributed by atoms with Crippen LogP contribution in [0, 0.1) is 0 Å². The first-order valence-electron chi connectivity index (χ1n) is 19.7. The molecule has 0 unspecified atom stereocenters. The fraction of sp³-hybridized carbons (Fsp3) is 0.762. The van der Waals surface area contributed by atoms with E-state index in [1.807, 2.05) is 0 Å². The molecule has 266 valence electrons. The van der Waals surface area contributed by atoms with Gasteiger partial charge in [-0.2, -0.15) is 0 Å². The van der Waals surface area contributed by atoms with Crippen molar-refractivity contribution in [1.82, 2.24) is 0 Å². The van der Waals surface area contributed by atoms with Gasteiger partial charge in [-0.25, -0.2) is 0 Å². The SMILES string of the molecule is O=C(O)CCCCCCCC=CCC=CCCCCCCCCCCCCCCCCC=CCC=CCCCCCCCC(=O)O. The fourth-order valence-electron chi connectivity index (χ4n) is 5.80. The molecule has 0 aromatic carbocycles. The van der Waals surface area contributed by atoms with Crippen molar-refractivity contribution < 1.29 is 19.8 Å². The Morgan fingerprint density at radius 1 is 0.283 bits per heavy atom. The maximum atomic E-state index is 10.5. The van der Waals surface area contributed by atoms with Crippen molar-refractivity contribution in [2.75, 3.05) is 0 Å². The van der Waals surface area contributed by atoms with Gasteiger partial charge in [0.1, 0.15) is 0 Å². The smallest absolute Gasteiger partial charge is 0.303 e. The second-order valence-corrected chi connectivity index (χ2v) is 13.3. The molecule has 0 aliphatic rings. The van der Waals surface area contributed by atoms with Crippen LogP contribution in [0.1, 0.15) is 205 Å². The molecule has 0 bridgehead atoms. The van der Waals surface area contributed by atoms with Crippen LogP contribution in [0.25, 0.3) is 0 Å². The van der Waals surface area contributed by atoms with E-state index in [1.165, 1.54) is 128 Å². The van der Waals surface area contributed by atoms with Crippen LogP contribution in [-0.2, 0) is 9.59 Å². The van der Waals surface area contributed by atoms with Crippen LogP contribution >= 0.6 is 0 Å². The number of rotatable bonds is 37. The van der Waals surface area contributed by atoms with Gasteiger partial charge < -0.3 is 10.2 Å². The molecule has 0 radical (unpaired) electrons. The summed E-state index contributed by atoms with van der Waals surface area (Å²) in [6, 6.07) is 0. The minimum Gasteiger partial charge on any atom is -0.481 e. The number of carboxylic acid groups (broad SMARTS) is 2. The van der Waals surface area contributed by atoms with Crippen molar-refractivity contribution in [2.24, 2.45) is 0 Å². The minimum atomic E-state index is -0.671. The summed E-state index contributed by atoms with van der Waals surface area (Å²) in [7, 11) is 0. The monoisotopic (exact) mass is 643 g/mol. The van der Waals surface area contributed by atoms with Crippen LogP contribution in [0.2, 0.25) is 0 Å². The summed E-state index contributed by atoms with van der Waals surface area (Å²) in [5.41, 5.74) is 0. The molecule has 0 fully saturated rings. The van der Waals surface area contributed by atoms with Crippen LogP contribution in [0.5, 0.6) is 0 Å². The van der Waals surface area contributed by atoms with Crippen LogP contribution in [-0.4, -0.2) is 22.2 Å². The first-order chi connectivity index (χ1) is 22.6. The highest BCUT2D eigenvalue weighted by Crippen LogP contribution is 2.14. The lowest BCUT2D eigenvalue weighted by Crippen LogP contribution is -1.93. The van der Waals surface area contributed by atoms with Gasteiger partial charge in [-0.05, 0) is 77.0 Å². The summed E-state index contributed by atoms with van der Waals surface area (Å²) in [6.45, 7) is 0. The van der Waals surface area contributed by atoms with Crippen LogP contribution < -0.4 is 0 Å². The van der Waals surface area contributed by atoms with E-state index in [-0.39, 0.29) is 0 Å². The summed E-state index contributed by atoms with van der Waals surface area (Å²) in [5.74, 6) is -1.34. The van der Waals surface area contributed by atoms with Crippen molar-refractivity contribution in [3.05, 3.63) is 48.6 Å². The number of carbonyl (C=O) groups is 2. The standard InChI is InChI=1S/C42H74O4/c43-41(44)39-37-35-33-31-29-27-25-23-21-19-17-15-13-11-9-7-5-3-1-2-4-6-8-10-12-14-16-18-20-22-24-26-28-30-32-34-36-38-40-42(45)46/h17-20,23-26H,1-16,21-22,27-40H2,(H,43,44)(H,45,46). The molecule has 0 aromatic heterocycles. The van der Waals surface area contributed by atoms with Gasteiger partial charge in [-0.3, -0.25) is 9.59 Å². The fourth-order valence-corrected chi connectivity index (χ4v) is 5.80. The van der Waals surface area contributed by atoms with E-state index >= 15 is 0 Å². The van der Waals surface area contributed by atoms with Gasteiger partial charge in [0, 0.05) is 12.8 Å². The molecule has 0 aliphatic heterocycles. The lowest BCUT2D eigenvalue weighted by atomic mass is 10.0. The summed E-state index contributed by atoms with van der Waals surface area (Å²) in [6.07, 6.45) is 56.5.